The van der Waals surface area contributed by atoms with Crippen molar-refractivity contribution < 1.29 is 9.59 Å². The van der Waals surface area contributed by atoms with Crippen LogP contribution in [-0.4, -0.2) is 36.6 Å². The Morgan fingerprint density at radius 2 is 2.17 bits per heavy atom. The minimum atomic E-state index is -0.178. The van der Waals surface area contributed by atoms with Crippen molar-refractivity contribution in [2.45, 2.75) is 18.6 Å². The third kappa shape index (κ3) is 1.93. The molecule has 1 aliphatic rings. The lowest BCUT2D eigenvalue weighted by Crippen LogP contribution is -2.47. The highest BCUT2D eigenvalue weighted by Crippen LogP contribution is 2.09. The molecule has 0 aromatic heterocycles. The van der Waals surface area contributed by atoms with E-state index in [1.807, 2.05) is 0 Å². The first-order valence-electron chi connectivity index (χ1n) is 3.69. The van der Waals surface area contributed by atoms with Crippen molar-refractivity contribution in [3.05, 3.63) is 0 Å². The standard InChI is InChI=1S/C6H12N4O2/c7-5-1-6(8-3-11)10(2-5)9-4-12/h3-6H,1-2,7H2,(H,8,11)(H,9,12). The number of rotatable bonds is 4. The number of hydrazine groups is 1. The van der Waals surface area contributed by atoms with E-state index < -0.39 is 0 Å². The van der Waals surface area contributed by atoms with Crippen molar-refractivity contribution in [1.29, 1.82) is 0 Å². The summed E-state index contributed by atoms with van der Waals surface area (Å²) in [5, 5.41) is 4.16. The van der Waals surface area contributed by atoms with Gasteiger partial charge in [-0.2, -0.15) is 5.01 Å². The molecule has 6 heteroatoms. The second-order valence-corrected chi connectivity index (χ2v) is 2.70. The molecule has 1 heterocycles. The predicted molar refractivity (Wildman–Crippen MR) is 41.5 cm³/mol. The fourth-order valence-corrected chi connectivity index (χ4v) is 1.32. The number of hydrogen-bond donors (Lipinski definition) is 3. The van der Waals surface area contributed by atoms with E-state index in [1.54, 1.807) is 5.01 Å². The fourth-order valence-electron chi connectivity index (χ4n) is 1.32. The second kappa shape index (κ2) is 4.03. The topological polar surface area (TPSA) is 87.5 Å². The van der Waals surface area contributed by atoms with E-state index in [-0.39, 0.29) is 12.2 Å². The molecule has 0 spiro atoms. The molecule has 1 aliphatic heterocycles. The van der Waals surface area contributed by atoms with Gasteiger partial charge in [0, 0.05) is 12.6 Å². The molecule has 0 saturated carbocycles. The summed E-state index contributed by atoms with van der Waals surface area (Å²) in [7, 11) is 0. The molecule has 1 rings (SSSR count). The summed E-state index contributed by atoms with van der Waals surface area (Å²) in [6, 6.07) is -0.00472. The molecule has 6 nitrogen and oxygen atoms in total. The van der Waals surface area contributed by atoms with Gasteiger partial charge in [-0.1, -0.05) is 0 Å². The molecule has 2 amide bonds. The van der Waals surface area contributed by atoms with Crippen molar-refractivity contribution >= 4 is 12.8 Å². The van der Waals surface area contributed by atoms with Crippen LogP contribution in [0.1, 0.15) is 6.42 Å². The summed E-state index contributed by atoms with van der Waals surface area (Å²) >= 11 is 0. The Morgan fingerprint density at radius 3 is 2.75 bits per heavy atom. The highest BCUT2D eigenvalue weighted by Gasteiger charge is 2.29. The van der Waals surface area contributed by atoms with E-state index in [0.29, 0.717) is 25.8 Å². The number of nitrogens with zero attached hydrogens (tertiary/aromatic N) is 1. The Labute approximate surface area is 70.1 Å². The van der Waals surface area contributed by atoms with Crippen LogP contribution in [0.5, 0.6) is 0 Å². The molecule has 2 unspecified atom stereocenters. The minimum absolute atomic E-state index is 0.00472. The zero-order chi connectivity index (χ0) is 8.97. The average Bonchev–Trinajstić information content (AvgIpc) is 2.33. The second-order valence-electron chi connectivity index (χ2n) is 2.70. The molecule has 0 bridgehead atoms. The van der Waals surface area contributed by atoms with E-state index in [0.717, 1.165) is 0 Å². The molecular weight excluding hydrogens is 160 g/mol. The molecule has 68 valence electrons. The molecule has 0 aliphatic carbocycles. The van der Waals surface area contributed by atoms with Gasteiger partial charge in [-0.05, 0) is 6.42 Å². The van der Waals surface area contributed by atoms with Crippen LogP contribution in [0.3, 0.4) is 0 Å². The molecular formula is C6H12N4O2. The van der Waals surface area contributed by atoms with Crippen molar-refractivity contribution in [1.82, 2.24) is 15.8 Å². The summed E-state index contributed by atoms with van der Waals surface area (Å²) in [6.07, 6.45) is 1.64. The quantitative estimate of drug-likeness (QED) is 0.418. The van der Waals surface area contributed by atoms with Crippen LogP contribution in [0.4, 0.5) is 0 Å². The Morgan fingerprint density at radius 1 is 1.42 bits per heavy atom. The van der Waals surface area contributed by atoms with Gasteiger partial charge in [0.1, 0.15) is 6.17 Å². The highest BCUT2D eigenvalue weighted by atomic mass is 16.1. The maximum absolute atomic E-state index is 10.1. The number of carbonyl (C=O) groups excluding carboxylic acids is 2. The van der Waals surface area contributed by atoms with Crippen molar-refractivity contribution in [3.63, 3.8) is 0 Å². The molecule has 0 aromatic carbocycles. The van der Waals surface area contributed by atoms with Gasteiger partial charge >= 0.3 is 0 Å². The monoisotopic (exact) mass is 172 g/mol. The van der Waals surface area contributed by atoms with Crippen LogP contribution in [0.15, 0.2) is 0 Å². The van der Waals surface area contributed by atoms with Gasteiger partial charge in [0.25, 0.3) is 0 Å². The highest BCUT2D eigenvalue weighted by molar-refractivity contribution is 5.48. The summed E-state index contributed by atoms with van der Waals surface area (Å²) in [4.78, 5) is 20.2. The molecule has 12 heavy (non-hydrogen) atoms. The molecule has 1 saturated heterocycles. The maximum Gasteiger partial charge on any atom is 0.221 e. The Bertz CT molecular complexity index is 157. The lowest BCUT2D eigenvalue weighted by molar-refractivity contribution is -0.117. The SMILES string of the molecule is NC1CC(NC=O)N(NC=O)C1. The fraction of sp³-hybridized carbons (Fsp3) is 0.667. The average molecular weight is 172 g/mol. The first-order chi connectivity index (χ1) is 5.77. The van der Waals surface area contributed by atoms with Crippen LogP contribution in [-0.2, 0) is 9.59 Å². The summed E-state index contributed by atoms with van der Waals surface area (Å²) in [5.74, 6) is 0. The summed E-state index contributed by atoms with van der Waals surface area (Å²) in [6.45, 7) is 0.560. The van der Waals surface area contributed by atoms with Crippen LogP contribution < -0.4 is 16.5 Å². The maximum atomic E-state index is 10.1. The minimum Gasteiger partial charge on any atom is -0.342 e. The Kier molecular flexibility index (Phi) is 3.01. The van der Waals surface area contributed by atoms with Crippen molar-refractivity contribution in [2.24, 2.45) is 5.73 Å². The number of hydrogen-bond acceptors (Lipinski definition) is 4. The molecule has 0 radical (unpaired) electrons. The number of carbonyl (C=O) groups is 2. The van der Waals surface area contributed by atoms with Crippen LogP contribution >= 0.6 is 0 Å². The predicted octanol–water partition coefficient (Wildman–Crippen LogP) is -2.25. The van der Waals surface area contributed by atoms with Crippen LogP contribution in [0.25, 0.3) is 0 Å². The van der Waals surface area contributed by atoms with E-state index in [1.165, 1.54) is 0 Å². The van der Waals surface area contributed by atoms with Crippen molar-refractivity contribution in [3.8, 4) is 0 Å². The number of nitrogens with one attached hydrogen (secondary N) is 2. The molecule has 2 atom stereocenters. The van der Waals surface area contributed by atoms with Crippen molar-refractivity contribution in [2.75, 3.05) is 6.54 Å². The Hall–Kier alpha value is -1.14. The zero-order valence-electron chi connectivity index (χ0n) is 6.56. The van der Waals surface area contributed by atoms with Gasteiger partial charge in [-0.25, -0.2) is 0 Å². The normalized spacial score (nSPS) is 29.8. The van der Waals surface area contributed by atoms with E-state index in [4.69, 9.17) is 5.73 Å². The smallest absolute Gasteiger partial charge is 0.221 e. The largest absolute Gasteiger partial charge is 0.342 e. The number of nitrogens with two attached hydrogens (primary N) is 1. The lowest BCUT2D eigenvalue weighted by Gasteiger charge is -2.21. The van der Waals surface area contributed by atoms with Gasteiger partial charge < -0.3 is 11.1 Å². The first kappa shape index (κ1) is 8.95. The third-order valence-corrected chi connectivity index (χ3v) is 1.81. The first-order valence-corrected chi connectivity index (χ1v) is 3.69. The van der Waals surface area contributed by atoms with E-state index >= 15 is 0 Å². The lowest BCUT2D eigenvalue weighted by atomic mass is 10.2. The number of amides is 2. The van der Waals surface area contributed by atoms with Gasteiger partial charge in [0.2, 0.25) is 12.8 Å². The molecule has 4 N–H and O–H groups in total. The van der Waals surface area contributed by atoms with Gasteiger partial charge in [-0.15, -0.1) is 0 Å². The van der Waals surface area contributed by atoms with Crippen LogP contribution in [0.2, 0.25) is 0 Å². The van der Waals surface area contributed by atoms with Gasteiger partial charge in [0.05, 0.1) is 0 Å². The molecule has 1 fully saturated rings. The van der Waals surface area contributed by atoms with Gasteiger partial charge in [0.15, 0.2) is 0 Å². The van der Waals surface area contributed by atoms with Gasteiger partial charge in [-0.3, -0.25) is 15.0 Å². The summed E-state index contributed by atoms with van der Waals surface area (Å²) in [5.41, 5.74) is 8.08. The summed E-state index contributed by atoms with van der Waals surface area (Å²) < 4.78 is 0. The van der Waals surface area contributed by atoms with E-state index in [2.05, 4.69) is 10.7 Å². The third-order valence-electron chi connectivity index (χ3n) is 1.81. The van der Waals surface area contributed by atoms with E-state index in [9.17, 15) is 9.59 Å². The Balaban J connectivity index is 2.46. The zero-order valence-corrected chi connectivity index (χ0v) is 6.56. The van der Waals surface area contributed by atoms with Crippen LogP contribution in [0, 0.1) is 0 Å². The molecule has 0 aromatic rings.